The molecule has 3 heterocycles. The molecule has 0 fully saturated rings. The van der Waals surface area contributed by atoms with Crippen LogP contribution in [0.5, 0.6) is 0 Å². The van der Waals surface area contributed by atoms with E-state index in [1.165, 1.54) is 38.1 Å². The van der Waals surface area contributed by atoms with Gasteiger partial charge in [0.05, 0.1) is 22.1 Å². The summed E-state index contributed by atoms with van der Waals surface area (Å²) in [7, 11) is 0. The Balaban J connectivity index is 0.956. The molecule has 11 aromatic carbocycles. The van der Waals surface area contributed by atoms with Crippen molar-refractivity contribution >= 4 is 93.5 Å². The maximum atomic E-state index is 6.97. The largest absolute Gasteiger partial charge is 0.456 e. The van der Waals surface area contributed by atoms with Gasteiger partial charge in [0.15, 0.2) is 0 Å². The van der Waals surface area contributed by atoms with Gasteiger partial charge in [-0.15, -0.1) is 0 Å². The Bertz CT molecular complexity index is 4210. The molecule has 0 aliphatic heterocycles. The smallest absolute Gasteiger partial charge is 0.145 e. The molecule has 3 aromatic heterocycles. The number of rotatable bonds is 7. The quantitative estimate of drug-likeness (QED) is 0.160. The van der Waals surface area contributed by atoms with Crippen molar-refractivity contribution in [1.29, 1.82) is 0 Å². The van der Waals surface area contributed by atoms with Crippen molar-refractivity contribution in [2.75, 3.05) is 4.90 Å². The Morgan fingerprint density at radius 2 is 0.882 bits per heavy atom. The monoisotopic (exact) mass is 868 g/mol. The molecule has 0 amide bonds. The van der Waals surface area contributed by atoms with Gasteiger partial charge < -0.3 is 18.3 Å². The zero-order valence-corrected chi connectivity index (χ0v) is 36.8. The highest BCUT2D eigenvalue weighted by atomic mass is 16.3. The second-order valence-electron chi connectivity index (χ2n) is 17.6. The minimum absolute atomic E-state index is 0.844. The summed E-state index contributed by atoms with van der Waals surface area (Å²) in [5.74, 6) is 0. The maximum Gasteiger partial charge on any atom is 0.145 e. The molecule has 14 aromatic rings. The van der Waals surface area contributed by atoms with E-state index in [0.29, 0.717) is 0 Å². The summed E-state index contributed by atoms with van der Waals surface area (Å²) in [6, 6.07) is 86.9. The average molecular weight is 869 g/mol. The molecule has 0 N–H and O–H groups in total. The summed E-state index contributed by atoms with van der Waals surface area (Å²) in [4.78, 5) is 2.39. The first-order valence-electron chi connectivity index (χ1n) is 23.2. The van der Waals surface area contributed by atoms with Gasteiger partial charge in [0, 0.05) is 49.6 Å². The van der Waals surface area contributed by atoms with Crippen LogP contribution in [0, 0.1) is 0 Å². The van der Waals surface area contributed by atoms with E-state index in [2.05, 4.69) is 240 Å². The van der Waals surface area contributed by atoms with Crippen molar-refractivity contribution in [3.8, 4) is 39.1 Å². The molecule has 4 nitrogen and oxygen atoms in total. The minimum Gasteiger partial charge on any atom is -0.456 e. The molecule has 0 saturated carbocycles. The molecule has 0 saturated heterocycles. The molecular weight excluding hydrogens is 829 g/mol. The first kappa shape index (κ1) is 38.2. The van der Waals surface area contributed by atoms with Gasteiger partial charge in [-0.1, -0.05) is 164 Å². The standard InChI is InChI=1S/C64H40N2O2/c1-2-18-48-41(14-1)15-12-23-49(48)42-30-34-45(35-31-42)65(47-17-11-16-44(40-47)50-24-13-29-61-62(50)54-21-5-9-27-59(54)67-61)58-39-38-51(64-63(58)55-22-6-10-28-60(55)68-64)43-32-36-46(37-33-43)66-56-25-7-3-19-52(56)53-20-4-8-26-57(53)66/h1-40H. The van der Waals surface area contributed by atoms with Crippen LogP contribution >= 0.6 is 0 Å². The number of anilines is 3. The second-order valence-corrected chi connectivity index (χ2v) is 17.6. The third kappa shape index (κ3) is 5.94. The zero-order valence-electron chi connectivity index (χ0n) is 36.8. The highest BCUT2D eigenvalue weighted by Gasteiger charge is 2.24. The minimum atomic E-state index is 0.844. The van der Waals surface area contributed by atoms with E-state index in [9.17, 15) is 0 Å². The lowest BCUT2D eigenvalue weighted by Crippen LogP contribution is -2.10. The van der Waals surface area contributed by atoms with E-state index in [-0.39, 0.29) is 0 Å². The van der Waals surface area contributed by atoms with E-state index in [0.717, 1.165) is 94.4 Å². The fraction of sp³-hybridized carbons (Fsp3) is 0. The third-order valence-electron chi connectivity index (χ3n) is 13.8. The highest BCUT2D eigenvalue weighted by Crippen LogP contribution is 2.48. The van der Waals surface area contributed by atoms with Crippen molar-refractivity contribution in [2.45, 2.75) is 0 Å². The number of hydrogen-bond acceptors (Lipinski definition) is 3. The first-order chi connectivity index (χ1) is 33.7. The van der Waals surface area contributed by atoms with Gasteiger partial charge >= 0.3 is 0 Å². The summed E-state index contributed by atoms with van der Waals surface area (Å²) in [6.07, 6.45) is 0. The van der Waals surface area contributed by atoms with Crippen LogP contribution in [-0.2, 0) is 0 Å². The van der Waals surface area contributed by atoms with Crippen molar-refractivity contribution in [1.82, 2.24) is 4.57 Å². The number of fused-ring (bicyclic) bond motifs is 10. The predicted molar refractivity (Wildman–Crippen MR) is 284 cm³/mol. The molecule has 0 aliphatic rings. The highest BCUT2D eigenvalue weighted by molar-refractivity contribution is 6.18. The van der Waals surface area contributed by atoms with Gasteiger partial charge in [0.1, 0.15) is 22.3 Å². The average Bonchev–Trinajstić information content (AvgIpc) is 4.10. The molecule has 14 rings (SSSR count). The molecule has 68 heavy (non-hydrogen) atoms. The summed E-state index contributed by atoms with van der Waals surface area (Å²) in [5, 5.41) is 9.29. The number of furan rings is 2. The van der Waals surface area contributed by atoms with Crippen molar-refractivity contribution in [2.24, 2.45) is 0 Å². The second kappa shape index (κ2) is 15.2. The van der Waals surface area contributed by atoms with Crippen LogP contribution in [0.2, 0.25) is 0 Å². The van der Waals surface area contributed by atoms with Gasteiger partial charge in [-0.25, -0.2) is 0 Å². The normalized spacial score (nSPS) is 11.8. The molecule has 0 spiro atoms. The maximum absolute atomic E-state index is 6.97. The van der Waals surface area contributed by atoms with Gasteiger partial charge in [-0.05, 0) is 117 Å². The molecule has 0 unspecified atom stereocenters. The Morgan fingerprint density at radius 3 is 1.65 bits per heavy atom. The van der Waals surface area contributed by atoms with Crippen LogP contribution in [-0.4, -0.2) is 4.57 Å². The van der Waals surface area contributed by atoms with E-state index < -0.39 is 0 Å². The van der Waals surface area contributed by atoms with Crippen molar-refractivity contribution in [3.05, 3.63) is 243 Å². The van der Waals surface area contributed by atoms with Crippen LogP contribution in [0.15, 0.2) is 251 Å². The lowest BCUT2D eigenvalue weighted by Gasteiger charge is -2.27. The van der Waals surface area contributed by atoms with E-state index in [1.54, 1.807) is 0 Å². The van der Waals surface area contributed by atoms with Crippen LogP contribution in [0.4, 0.5) is 17.1 Å². The fourth-order valence-corrected chi connectivity index (χ4v) is 10.7. The van der Waals surface area contributed by atoms with Crippen LogP contribution in [0.25, 0.3) is 116 Å². The van der Waals surface area contributed by atoms with E-state index in [1.807, 2.05) is 12.1 Å². The molecule has 0 bridgehead atoms. The number of aromatic nitrogens is 1. The molecular formula is C64H40N2O2. The van der Waals surface area contributed by atoms with Gasteiger partial charge in [0.2, 0.25) is 0 Å². The zero-order chi connectivity index (χ0) is 44.7. The molecule has 0 atom stereocenters. The van der Waals surface area contributed by atoms with Gasteiger partial charge in [-0.3, -0.25) is 0 Å². The van der Waals surface area contributed by atoms with Crippen molar-refractivity contribution in [3.63, 3.8) is 0 Å². The number of benzene rings is 11. The van der Waals surface area contributed by atoms with Crippen LogP contribution < -0.4 is 4.90 Å². The number of para-hydroxylation sites is 4. The lowest BCUT2D eigenvalue weighted by molar-refractivity contribution is 0.669. The summed E-state index contributed by atoms with van der Waals surface area (Å²) in [6.45, 7) is 0. The topological polar surface area (TPSA) is 34.5 Å². The van der Waals surface area contributed by atoms with E-state index in [4.69, 9.17) is 8.83 Å². The summed E-state index contributed by atoms with van der Waals surface area (Å²) in [5.41, 5.74) is 16.7. The summed E-state index contributed by atoms with van der Waals surface area (Å²) < 4.78 is 15.7. The number of hydrogen-bond donors (Lipinski definition) is 0. The van der Waals surface area contributed by atoms with Gasteiger partial charge in [0.25, 0.3) is 0 Å². The fourth-order valence-electron chi connectivity index (χ4n) is 10.7. The lowest BCUT2D eigenvalue weighted by atomic mass is 9.96. The van der Waals surface area contributed by atoms with Gasteiger partial charge in [-0.2, -0.15) is 0 Å². The Morgan fingerprint density at radius 1 is 0.324 bits per heavy atom. The Kier molecular flexibility index (Phi) is 8.55. The van der Waals surface area contributed by atoms with Crippen LogP contribution in [0.3, 0.4) is 0 Å². The van der Waals surface area contributed by atoms with Crippen molar-refractivity contribution < 1.29 is 8.83 Å². The molecule has 318 valence electrons. The van der Waals surface area contributed by atoms with E-state index >= 15 is 0 Å². The summed E-state index contributed by atoms with van der Waals surface area (Å²) >= 11 is 0. The Hall–Kier alpha value is -9.12. The molecule has 0 aliphatic carbocycles. The van der Waals surface area contributed by atoms with Crippen LogP contribution in [0.1, 0.15) is 0 Å². The Labute approximate surface area is 391 Å². The number of nitrogens with zero attached hydrogens (tertiary/aromatic N) is 2. The first-order valence-corrected chi connectivity index (χ1v) is 23.2. The molecule has 4 heteroatoms. The SMILES string of the molecule is c1cc(-c2cccc3oc4ccccc4c23)cc(N(c2ccc(-c3cccc4ccccc34)cc2)c2ccc(-c3ccc(-n4c5ccccc5c5ccccc54)cc3)c3oc4ccccc4c23)c1. The predicted octanol–water partition coefficient (Wildman–Crippen LogP) is 18.2. The third-order valence-corrected chi connectivity index (χ3v) is 13.8. The molecule has 0 radical (unpaired) electrons.